The van der Waals surface area contributed by atoms with Gasteiger partial charge in [-0.15, -0.1) is 5.01 Å². The zero-order chi connectivity index (χ0) is 17.1. The molecule has 4 aliphatic rings. The lowest BCUT2D eigenvalue weighted by molar-refractivity contribution is -1.05. The maximum atomic E-state index is 8.85. The zero-order valence-corrected chi connectivity index (χ0v) is 14.6. The van der Waals surface area contributed by atoms with Crippen LogP contribution in [0.4, 0.5) is 0 Å². The number of rotatable bonds is 3. The predicted molar refractivity (Wildman–Crippen MR) is 80.2 cm³/mol. The van der Waals surface area contributed by atoms with Gasteiger partial charge in [-0.1, -0.05) is 0 Å². The van der Waals surface area contributed by atoms with Crippen LogP contribution in [0, 0.1) is 5.92 Å². The van der Waals surface area contributed by atoms with Crippen LogP contribution in [0.15, 0.2) is 0 Å². The molecule has 0 atom stereocenters. The Balaban J connectivity index is 0.000000338. The van der Waals surface area contributed by atoms with E-state index >= 15 is 0 Å². The van der Waals surface area contributed by atoms with E-state index in [0.29, 0.717) is 6.67 Å². The average molecular weight is 353 g/mol. The molecule has 2 N–H and O–H groups in total. The van der Waals surface area contributed by atoms with E-state index in [1.165, 1.54) is 38.9 Å². The van der Waals surface area contributed by atoms with Crippen LogP contribution in [0.3, 0.4) is 0 Å². The van der Waals surface area contributed by atoms with E-state index in [0.717, 1.165) is 23.8 Å². The number of hydroxylamine groups is 4. The highest BCUT2D eigenvalue weighted by Gasteiger charge is 2.47. The third-order valence-electron chi connectivity index (χ3n) is 4.93. The zero-order valence-electron chi connectivity index (χ0n) is 13.8. The summed E-state index contributed by atoms with van der Waals surface area (Å²) in [4.78, 5) is 10.8. The van der Waals surface area contributed by atoms with Crippen LogP contribution in [0.5, 0.6) is 0 Å². The van der Waals surface area contributed by atoms with Gasteiger partial charge in [-0.3, -0.25) is 9.68 Å². The quantitative estimate of drug-likeness (QED) is 0.500. The van der Waals surface area contributed by atoms with E-state index in [1.54, 1.807) is 14.2 Å². The number of quaternary nitrogens is 1. The average Bonchev–Trinajstić information content (AvgIpc) is 2.54. The summed E-state index contributed by atoms with van der Waals surface area (Å²) in [6.07, 6.45) is 4.16. The van der Waals surface area contributed by atoms with Crippen molar-refractivity contribution < 1.29 is 27.2 Å². The van der Waals surface area contributed by atoms with Crippen molar-refractivity contribution in [1.82, 2.24) is 15.1 Å². The standard InChI is InChI=1S/C12H25N4O2.H3NO3S/c1-17-14-9-13(10-15(11-14)18-2)16-6-3-12(4-7-16)5-8-16;1-5(2,3)4/h12H,3-11H2,1-2H3;(H3,1,2,3,4)/q+1;/p-1. The molecule has 4 saturated heterocycles. The summed E-state index contributed by atoms with van der Waals surface area (Å²) in [6, 6.07) is 0. The molecule has 0 amide bonds. The summed E-state index contributed by atoms with van der Waals surface area (Å²) in [7, 11) is -0.945. The van der Waals surface area contributed by atoms with Gasteiger partial charge in [0.1, 0.15) is 20.0 Å². The van der Waals surface area contributed by atoms with Crippen molar-refractivity contribution in [2.45, 2.75) is 19.3 Å². The third-order valence-corrected chi connectivity index (χ3v) is 4.93. The SMILES string of the molecule is CON1CN(OC)CN([N+]23CCC(CC2)CC3)C1.NS(=O)(=O)[O-]. The normalized spacial score (nSPS) is 33.3. The summed E-state index contributed by atoms with van der Waals surface area (Å²) in [6.45, 7) is 6.34. The molecule has 0 unspecified atom stereocenters. The van der Waals surface area contributed by atoms with Crippen molar-refractivity contribution in [1.29, 1.82) is 0 Å². The van der Waals surface area contributed by atoms with Crippen LogP contribution in [-0.4, -0.2) is 86.6 Å². The number of hydrogen-bond donors (Lipinski definition) is 1. The van der Waals surface area contributed by atoms with Gasteiger partial charge in [0.2, 0.25) is 0 Å². The molecule has 23 heavy (non-hydrogen) atoms. The second kappa shape index (κ2) is 7.68. The molecule has 4 heterocycles. The largest absolute Gasteiger partial charge is 0.736 e. The summed E-state index contributed by atoms with van der Waals surface area (Å²) in [5, 5.41) is 10.2. The second-order valence-electron chi connectivity index (χ2n) is 6.25. The minimum atomic E-state index is -4.42. The molecule has 0 spiro atoms. The van der Waals surface area contributed by atoms with Gasteiger partial charge in [-0.2, -0.15) is 10.1 Å². The Hall–Kier alpha value is -0.370. The third kappa shape index (κ3) is 5.31. The molecular formula is C12H27N5O5S. The highest BCUT2D eigenvalue weighted by Crippen LogP contribution is 2.36. The summed E-state index contributed by atoms with van der Waals surface area (Å²) < 4.78 is 27.7. The van der Waals surface area contributed by atoms with Gasteiger partial charge in [0.15, 0.2) is 10.3 Å². The molecular weight excluding hydrogens is 326 g/mol. The molecule has 10 nitrogen and oxygen atoms in total. The number of hydrogen-bond acceptors (Lipinski definition) is 8. The molecule has 0 aromatic rings. The van der Waals surface area contributed by atoms with Gasteiger partial charge in [0.25, 0.3) is 0 Å². The highest BCUT2D eigenvalue weighted by molar-refractivity contribution is 7.83. The van der Waals surface area contributed by atoms with Crippen LogP contribution in [0.25, 0.3) is 0 Å². The lowest BCUT2D eigenvalue weighted by atomic mass is 9.87. The summed E-state index contributed by atoms with van der Waals surface area (Å²) in [5.41, 5.74) is 0. The number of nitrogens with two attached hydrogens (primary N) is 1. The fraction of sp³-hybridized carbons (Fsp3) is 1.00. The van der Waals surface area contributed by atoms with E-state index in [-0.39, 0.29) is 0 Å². The van der Waals surface area contributed by atoms with E-state index < -0.39 is 10.3 Å². The van der Waals surface area contributed by atoms with Gasteiger partial charge in [0, 0.05) is 19.3 Å². The molecule has 2 bridgehead atoms. The number of nitrogens with zero attached hydrogens (tertiary/aromatic N) is 4. The van der Waals surface area contributed by atoms with Gasteiger partial charge >= 0.3 is 0 Å². The maximum Gasteiger partial charge on any atom is 0.156 e. The first-order valence-corrected chi connectivity index (χ1v) is 9.16. The van der Waals surface area contributed by atoms with E-state index in [2.05, 4.69) is 10.1 Å². The van der Waals surface area contributed by atoms with Crippen molar-refractivity contribution in [3.05, 3.63) is 0 Å². The Kier molecular flexibility index (Phi) is 6.33. The van der Waals surface area contributed by atoms with Crippen molar-refractivity contribution in [2.24, 2.45) is 11.1 Å². The molecule has 0 aliphatic carbocycles. The van der Waals surface area contributed by atoms with Crippen LogP contribution < -0.4 is 5.14 Å². The van der Waals surface area contributed by atoms with Gasteiger partial charge < -0.3 is 4.55 Å². The lowest BCUT2D eigenvalue weighted by Crippen LogP contribution is -2.72. The first-order chi connectivity index (χ1) is 10.8. The molecule has 0 aromatic carbocycles. The first kappa shape index (κ1) is 19.0. The topological polar surface area (TPSA) is 111 Å². The molecule has 4 rings (SSSR count). The Bertz CT molecular complexity index is 448. The van der Waals surface area contributed by atoms with Crippen molar-refractivity contribution >= 4 is 10.3 Å². The van der Waals surface area contributed by atoms with E-state index in [4.69, 9.17) is 22.6 Å². The number of fused-ring (bicyclic) bond motifs is 3. The van der Waals surface area contributed by atoms with Crippen LogP contribution >= 0.6 is 0 Å². The molecule has 0 radical (unpaired) electrons. The minimum Gasteiger partial charge on any atom is -0.736 e. The predicted octanol–water partition coefficient (Wildman–Crippen LogP) is -1.15. The molecule has 11 heteroatoms. The van der Waals surface area contributed by atoms with Crippen LogP contribution in [-0.2, 0) is 20.0 Å². The van der Waals surface area contributed by atoms with E-state index in [1.807, 2.05) is 10.1 Å². The fourth-order valence-electron chi connectivity index (χ4n) is 3.63. The summed E-state index contributed by atoms with van der Waals surface area (Å²) >= 11 is 0. The Morgan fingerprint density at radius 3 is 1.74 bits per heavy atom. The second-order valence-corrected chi connectivity index (χ2v) is 7.24. The van der Waals surface area contributed by atoms with Gasteiger partial charge in [-0.25, -0.2) is 18.1 Å². The number of piperidine rings is 3. The molecule has 0 saturated carbocycles. The van der Waals surface area contributed by atoms with Crippen LogP contribution in [0.2, 0.25) is 0 Å². The highest BCUT2D eigenvalue weighted by atomic mass is 32.2. The van der Waals surface area contributed by atoms with Crippen molar-refractivity contribution in [3.8, 4) is 0 Å². The molecule has 4 fully saturated rings. The Morgan fingerprint density at radius 2 is 1.39 bits per heavy atom. The van der Waals surface area contributed by atoms with Gasteiger partial charge in [0.05, 0.1) is 33.9 Å². The fourth-order valence-corrected chi connectivity index (χ4v) is 3.63. The first-order valence-electron chi connectivity index (χ1n) is 7.69. The van der Waals surface area contributed by atoms with E-state index in [9.17, 15) is 0 Å². The smallest absolute Gasteiger partial charge is 0.156 e. The maximum absolute atomic E-state index is 8.85. The molecule has 0 aromatic heterocycles. The van der Waals surface area contributed by atoms with Crippen molar-refractivity contribution in [3.63, 3.8) is 0 Å². The summed E-state index contributed by atoms with van der Waals surface area (Å²) in [5.74, 6) is 0.992. The monoisotopic (exact) mass is 353 g/mol. The molecule has 4 aliphatic heterocycles. The van der Waals surface area contributed by atoms with Gasteiger partial charge in [-0.05, 0) is 5.92 Å². The lowest BCUT2D eigenvalue weighted by Gasteiger charge is -2.56. The minimum absolute atomic E-state index is 0.714. The Labute approximate surface area is 137 Å². The molecule has 136 valence electrons. The Morgan fingerprint density at radius 1 is 1.00 bits per heavy atom. The van der Waals surface area contributed by atoms with Crippen LogP contribution in [0.1, 0.15) is 19.3 Å². The van der Waals surface area contributed by atoms with Crippen molar-refractivity contribution in [2.75, 3.05) is 53.9 Å².